The molecule has 0 bridgehead atoms. The number of nitriles is 1. The van der Waals surface area contributed by atoms with E-state index in [0.717, 1.165) is 11.0 Å². The van der Waals surface area contributed by atoms with Gasteiger partial charge in [0.1, 0.15) is 23.7 Å². The SMILES string of the molecule is CSc1cc(F)cc(N(C(=O)[C@@H]2CCC(=O)N2c2cc(C#N)ccn2)C(C(=O)NC2CCC(F)(F)CC2)c2ccccc2Cl)c1. The molecule has 8 nitrogen and oxygen atoms in total. The predicted molar refractivity (Wildman–Crippen MR) is 165 cm³/mol. The molecule has 3 aromatic rings. The van der Waals surface area contributed by atoms with Gasteiger partial charge in [-0.1, -0.05) is 29.8 Å². The second-order valence-corrected chi connectivity index (χ2v) is 12.2. The molecule has 1 aromatic heterocycles. The number of amides is 3. The van der Waals surface area contributed by atoms with Crippen LogP contribution in [-0.4, -0.2) is 47.0 Å². The van der Waals surface area contributed by atoms with Crippen LogP contribution in [0.15, 0.2) is 65.7 Å². The van der Waals surface area contributed by atoms with Crippen LogP contribution in [0.2, 0.25) is 5.02 Å². The number of hydrogen-bond donors (Lipinski definition) is 1. The second kappa shape index (κ2) is 13.5. The first kappa shape index (κ1) is 32.3. The summed E-state index contributed by atoms with van der Waals surface area (Å²) >= 11 is 7.84. The van der Waals surface area contributed by atoms with Gasteiger partial charge in [-0.15, -0.1) is 11.8 Å². The number of aromatic nitrogens is 1. The quantitative estimate of drug-likeness (QED) is 0.280. The van der Waals surface area contributed by atoms with Gasteiger partial charge in [-0.05, 0) is 61.9 Å². The van der Waals surface area contributed by atoms with Crippen LogP contribution in [0.5, 0.6) is 0 Å². The molecule has 1 unspecified atom stereocenters. The third-order valence-electron chi connectivity index (χ3n) is 8.00. The number of nitrogens with one attached hydrogen (secondary N) is 1. The van der Waals surface area contributed by atoms with Gasteiger partial charge in [0, 0.05) is 52.7 Å². The summed E-state index contributed by atoms with van der Waals surface area (Å²) in [5.41, 5.74) is 0.489. The normalized spacial score (nSPS) is 18.7. The summed E-state index contributed by atoms with van der Waals surface area (Å²) < 4.78 is 42.9. The Balaban J connectivity index is 1.63. The lowest BCUT2D eigenvalue weighted by Crippen LogP contribution is -2.53. The standard InChI is InChI=1S/C32H29ClF3N5O3S/c1-45-23-16-20(34)15-22(17-23)40(31(44)26-6-7-28(42)41(26)27-14-19(18-37)10-13-38-27)29(24-4-2-3-5-25(24)33)30(43)39-21-8-11-32(35,36)12-9-21/h2-5,10,13-17,21,26,29H,6-9,11-12H2,1H3,(H,39,43)/t26-,29?/m0/s1. The third-order valence-corrected chi connectivity index (χ3v) is 9.05. The van der Waals surface area contributed by atoms with Gasteiger partial charge in [0.2, 0.25) is 17.7 Å². The van der Waals surface area contributed by atoms with Crippen molar-refractivity contribution in [1.82, 2.24) is 10.3 Å². The molecule has 2 heterocycles. The molecule has 1 N–H and O–H groups in total. The zero-order valence-corrected chi connectivity index (χ0v) is 25.8. The van der Waals surface area contributed by atoms with Crippen molar-refractivity contribution < 1.29 is 27.6 Å². The number of benzene rings is 2. The first-order valence-corrected chi connectivity index (χ1v) is 15.9. The van der Waals surface area contributed by atoms with Crippen molar-refractivity contribution in [2.24, 2.45) is 0 Å². The van der Waals surface area contributed by atoms with E-state index in [0.29, 0.717) is 4.90 Å². The Morgan fingerprint density at radius 2 is 1.89 bits per heavy atom. The van der Waals surface area contributed by atoms with Crippen LogP contribution in [0.25, 0.3) is 0 Å². The van der Waals surface area contributed by atoms with E-state index in [1.54, 1.807) is 36.6 Å². The highest BCUT2D eigenvalue weighted by Crippen LogP contribution is 2.38. The van der Waals surface area contributed by atoms with Crippen molar-refractivity contribution in [3.05, 3.63) is 82.8 Å². The Bertz CT molecular complexity index is 1660. The number of pyridine rings is 1. The molecule has 3 amide bonds. The molecular formula is C32H29ClF3N5O3S. The minimum absolute atomic E-state index is 0.0127. The van der Waals surface area contributed by atoms with E-state index in [1.807, 2.05) is 6.07 Å². The molecule has 1 aliphatic carbocycles. The fraction of sp³-hybridized carbons (Fsp3) is 0.344. The summed E-state index contributed by atoms with van der Waals surface area (Å²) in [6, 6.07) is 12.0. The van der Waals surface area contributed by atoms with Gasteiger partial charge >= 0.3 is 0 Å². The van der Waals surface area contributed by atoms with Crippen LogP contribution in [0.4, 0.5) is 24.7 Å². The topological polar surface area (TPSA) is 106 Å². The lowest BCUT2D eigenvalue weighted by Gasteiger charge is -2.37. The summed E-state index contributed by atoms with van der Waals surface area (Å²) in [6.07, 6.45) is 2.40. The molecule has 1 aliphatic heterocycles. The number of carbonyl (C=O) groups is 3. The van der Waals surface area contributed by atoms with Crippen molar-refractivity contribution in [1.29, 1.82) is 5.26 Å². The molecule has 0 spiro atoms. The number of thioether (sulfide) groups is 1. The largest absolute Gasteiger partial charge is 0.351 e. The van der Waals surface area contributed by atoms with E-state index in [-0.39, 0.29) is 53.3 Å². The minimum atomic E-state index is -2.82. The maximum Gasteiger partial charge on any atom is 0.251 e. The average Bonchev–Trinajstić information content (AvgIpc) is 3.41. The van der Waals surface area contributed by atoms with Crippen molar-refractivity contribution in [3.8, 4) is 6.07 Å². The molecule has 5 rings (SSSR count). The fourth-order valence-corrected chi connectivity index (χ4v) is 6.46. The Hall–Kier alpha value is -4.08. The molecule has 2 atom stereocenters. The Labute approximate surface area is 267 Å². The summed E-state index contributed by atoms with van der Waals surface area (Å²) in [5, 5.41) is 12.4. The van der Waals surface area contributed by atoms with Gasteiger partial charge in [0.05, 0.1) is 11.6 Å². The lowest BCUT2D eigenvalue weighted by molar-refractivity contribution is -0.128. The number of nitrogens with zero attached hydrogens (tertiary/aromatic N) is 4. The fourth-order valence-electron chi connectivity index (χ4n) is 5.75. The van der Waals surface area contributed by atoms with Crippen molar-refractivity contribution in [2.75, 3.05) is 16.1 Å². The van der Waals surface area contributed by atoms with Crippen LogP contribution in [0.3, 0.4) is 0 Å². The highest BCUT2D eigenvalue weighted by molar-refractivity contribution is 7.98. The zero-order valence-electron chi connectivity index (χ0n) is 24.2. The van der Waals surface area contributed by atoms with E-state index in [4.69, 9.17) is 11.6 Å². The molecule has 45 heavy (non-hydrogen) atoms. The Kier molecular flexibility index (Phi) is 9.70. The third kappa shape index (κ3) is 7.10. The smallest absolute Gasteiger partial charge is 0.251 e. The highest BCUT2D eigenvalue weighted by Gasteiger charge is 2.45. The number of halogens is 4. The minimum Gasteiger partial charge on any atom is -0.351 e. The van der Waals surface area contributed by atoms with Gasteiger partial charge in [-0.2, -0.15) is 5.26 Å². The van der Waals surface area contributed by atoms with E-state index in [1.165, 1.54) is 41.1 Å². The van der Waals surface area contributed by atoms with Gasteiger partial charge in [-0.3, -0.25) is 24.2 Å². The van der Waals surface area contributed by atoms with E-state index >= 15 is 4.39 Å². The Morgan fingerprint density at radius 1 is 1.16 bits per heavy atom. The molecule has 1 saturated heterocycles. The van der Waals surface area contributed by atoms with Crippen LogP contribution in [0.1, 0.15) is 55.7 Å². The maximum atomic E-state index is 15.0. The van der Waals surface area contributed by atoms with Crippen LogP contribution in [-0.2, 0) is 14.4 Å². The molecule has 2 aliphatic rings. The van der Waals surface area contributed by atoms with Crippen LogP contribution >= 0.6 is 23.4 Å². The van der Waals surface area contributed by atoms with Crippen molar-refractivity contribution in [2.45, 2.75) is 67.5 Å². The summed E-state index contributed by atoms with van der Waals surface area (Å²) in [5.74, 6) is -5.22. The second-order valence-electron chi connectivity index (χ2n) is 11.0. The zero-order chi connectivity index (χ0) is 32.3. The van der Waals surface area contributed by atoms with Crippen molar-refractivity contribution >= 4 is 52.6 Å². The van der Waals surface area contributed by atoms with Crippen LogP contribution in [0, 0.1) is 17.1 Å². The first-order valence-electron chi connectivity index (χ1n) is 14.3. The van der Waals surface area contributed by atoms with E-state index < -0.39 is 60.4 Å². The predicted octanol–water partition coefficient (Wildman–Crippen LogP) is 6.43. The summed E-state index contributed by atoms with van der Waals surface area (Å²) in [6.45, 7) is 0. The summed E-state index contributed by atoms with van der Waals surface area (Å²) in [4.78, 5) is 49.1. The molecular weight excluding hydrogens is 627 g/mol. The number of carbonyl (C=O) groups excluding carboxylic acids is 3. The van der Waals surface area contributed by atoms with E-state index in [9.17, 15) is 28.4 Å². The summed E-state index contributed by atoms with van der Waals surface area (Å²) in [7, 11) is 0. The van der Waals surface area contributed by atoms with Gasteiger partial charge in [0.25, 0.3) is 5.91 Å². The maximum absolute atomic E-state index is 15.0. The van der Waals surface area contributed by atoms with Crippen molar-refractivity contribution in [3.63, 3.8) is 0 Å². The molecule has 13 heteroatoms. The molecule has 1 saturated carbocycles. The Morgan fingerprint density at radius 3 is 2.58 bits per heavy atom. The van der Waals surface area contributed by atoms with Gasteiger partial charge in [0.15, 0.2) is 0 Å². The molecule has 2 fully saturated rings. The molecule has 2 aromatic carbocycles. The average molecular weight is 656 g/mol. The van der Waals surface area contributed by atoms with Gasteiger partial charge in [-0.25, -0.2) is 18.2 Å². The number of rotatable bonds is 8. The number of hydrogen-bond acceptors (Lipinski definition) is 6. The number of anilines is 2. The molecule has 0 radical (unpaired) electrons. The highest BCUT2D eigenvalue weighted by atomic mass is 35.5. The van der Waals surface area contributed by atoms with Gasteiger partial charge < -0.3 is 5.32 Å². The first-order chi connectivity index (χ1) is 21.5. The molecule has 234 valence electrons. The number of alkyl halides is 2. The van der Waals surface area contributed by atoms with E-state index in [2.05, 4.69) is 10.3 Å². The van der Waals surface area contributed by atoms with Crippen LogP contribution < -0.4 is 15.1 Å². The monoisotopic (exact) mass is 655 g/mol. The lowest BCUT2D eigenvalue weighted by atomic mass is 9.91.